The number of hydrogen-bond donors (Lipinski definition) is 2. The van der Waals surface area contributed by atoms with Crippen LogP contribution < -0.4 is 15.4 Å². The highest BCUT2D eigenvalue weighted by Crippen LogP contribution is 2.31. The van der Waals surface area contributed by atoms with Gasteiger partial charge in [0, 0.05) is 11.8 Å². The van der Waals surface area contributed by atoms with Crippen molar-refractivity contribution in [2.45, 2.75) is 0 Å². The van der Waals surface area contributed by atoms with Crippen molar-refractivity contribution >= 4 is 46.1 Å². The van der Waals surface area contributed by atoms with Crippen LogP contribution in [0.3, 0.4) is 0 Å². The van der Waals surface area contributed by atoms with Gasteiger partial charge in [-0.25, -0.2) is 0 Å². The van der Waals surface area contributed by atoms with E-state index in [1.54, 1.807) is 30.3 Å². The van der Waals surface area contributed by atoms with Crippen molar-refractivity contribution in [2.24, 2.45) is 0 Å². The molecule has 0 bridgehead atoms. The highest BCUT2D eigenvalue weighted by atomic mass is 35.5. The van der Waals surface area contributed by atoms with E-state index in [1.165, 1.54) is 11.3 Å². The van der Waals surface area contributed by atoms with Crippen LogP contribution in [0.15, 0.2) is 30.3 Å². The first-order valence-corrected chi connectivity index (χ1v) is 6.95. The van der Waals surface area contributed by atoms with E-state index in [4.69, 9.17) is 16.3 Å². The van der Waals surface area contributed by atoms with Gasteiger partial charge >= 0.3 is 0 Å². The van der Waals surface area contributed by atoms with Crippen LogP contribution in [0.1, 0.15) is 9.67 Å². The van der Waals surface area contributed by atoms with E-state index < -0.39 is 0 Å². The Morgan fingerprint density at radius 2 is 2.20 bits per heavy atom. The first-order valence-electron chi connectivity index (χ1n) is 5.75. The number of halogens is 1. The van der Waals surface area contributed by atoms with Crippen molar-refractivity contribution in [3.8, 4) is 5.75 Å². The van der Waals surface area contributed by atoms with E-state index in [0.717, 1.165) is 0 Å². The fraction of sp³-hybridized carbons (Fsp3) is 0.0769. The molecule has 5 nitrogen and oxygen atoms in total. The van der Waals surface area contributed by atoms with Crippen molar-refractivity contribution in [3.63, 3.8) is 0 Å². The largest absolute Gasteiger partial charge is 0.482 e. The second-order valence-electron chi connectivity index (χ2n) is 4.11. The molecule has 0 radical (unpaired) electrons. The van der Waals surface area contributed by atoms with Crippen LogP contribution in [-0.4, -0.2) is 18.4 Å². The molecule has 2 N–H and O–H groups in total. The molecule has 0 fully saturated rings. The van der Waals surface area contributed by atoms with Gasteiger partial charge in [0.2, 0.25) is 0 Å². The van der Waals surface area contributed by atoms with Crippen molar-refractivity contribution in [1.29, 1.82) is 0 Å². The number of thiophene rings is 1. The minimum absolute atomic E-state index is 0.0229. The summed E-state index contributed by atoms with van der Waals surface area (Å²) in [5, 5.41) is 5.44. The zero-order chi connectivity index (χ0) is 14.1. The van der Waals surface area contributed by atoms with Gasteiger partial charge in [-0.15, -0.1) is 11.3 Å². The maximum absolute atomic E-state index is 12.0. The SMILES string of the molecule is O=C1COc2cc(NC(=O)c3ccc(Cl)s3)ccc2N1. The predicted octanol–water partition coefficient (Wildman–Crippen LogP) is 2.98. The number of hydrogen-bond acceptors (Lipinski definition) is 4. The second kappa shape index (κ2) is 5.15. The lowest BCUT2D eigenvalue weighted by Gasteiger charge is -2.18. The molecule has 0 aliphatic carbocycles. The van der Waals surface area contributed by atoms with Gasteiger partial charge in [0.1, 0.15) is 5.75 Å². The maximum Gasteiger partial charge on any atom is 0.265 e. The first kappa shape index (κ1) is 13.0. The number of benzene rings is 1. The van der Waals surface area contributed by atoms with Gasteiger partial charge in [0.15, 0.2) is 6.61 Å². The summed E-state index contributed by atoms with van der Waals surface area (Å²) in [7, 11) is 0. The molecule has 1 aromatic carbocycles. The third-order valence-corrected chi connectivity index (χ3v) is 3.90. The quantitative estimate of drug-likeness (QED) is 0.896. The molecule has 0 atom stereocenters. The molecule has 2 amide bonds. The predicted molar refractivity (Wildman–Crippen MR) is 77.8 cm³/mol. The molecule has 1 aliphatic heterocycles. The van der Waals surface area contributed by atoms with Gasteiger partial charge in [-0.3, -0.25) is 9.59 Å². The Morgan fingerprint density at radius 1 is 1.35 bits per heavy atom. The van der Waals surface area contributed by atoms with E-state index in [-0.39, 0.29) is 18.4 Å². The van der Waals surface area contributed by atoms with Gasteiger partial charge in [0.05, 0.1) is 14.9 Å². The zero-order valence-corrected chi connectivity index (χ0v) is 11.7. The number of fused-ring (bicyclic) bond motifs is 1. The van der Waals surface area contributed by atoms with Gasteiger partial charge in [-0.05, 0) is 24.3 Å². The Morgan fingerprint density at radius 3 is 2.95 bits per heavy atom. The molecule has 2 aromatic rings. The van der Waals surface area contributed by atoms with Gasteiger partial charge in [0.25, 0.3) is 11.8 Å². The Balaban J connectivity index is 1.78. The molecule has 2 heterocycles. The van der Waals surface area contributed by atoms with Gasteiger partial charge in [-0.1, -0.05) is 11.6 Å². The van der Waals surface area contributed by atoms with Gasteiger partial charge in [-0.2, -0.15) is 0 Å². The normalized spacial score (nSPS) is 13.2. The number of amides is 2. The second-order valence-corrected chi connectivity index (χ2v) is 5.82. The summed E-state index contributed by atoms with van der Waals surface area (Å²) >= 11 is 7.00. The molecule has 7 heteroatoms. The summed E-state index contributed by atoms with van der Waals surface area (Å²) in [4.78, 5) is 23.7. The van der Waals surface area contributed by atoms with Crippen molar-refractivity contribution in [3.05, 3.63) is 39.5 Å². The molecule has 0 spiro atoms. The highest BCUT2D eigenvalue weighted by Gasteiger charge is 2.17. The fourth-order valence-electron chi connectivity index (χ4n) is 1.78. The maximum atomic E-state index is 12.0. The van der Waals surface area contributed by atoms with E-state index in [2.05, 4.69) is 10.6 Å². The lowest BCUT2D eigenvalue weighted by atomic mass is 10.2. The monoisotopic (exact) mass is 308 g/mol. The number of anilines is 2. The number of ether oxygens (including phenoxy) is 1. The number of rotatable bonds is 2. The Kier molecular flexibility index (Phi) is 3.33. The minimum Gasteiger partial charge on any atom is -0.482 e. The zero-order valence-electron chi connectivity index (χ0n) is 10.1. The Bertz CT molecular complexity index is 699. The molecule has 20 heavy (non-hydrogen) atoms. The molecule has 1 aliphatic rings. The third-order valence-electron chi connectivity index (χ3n) is 2.67. The smallest absolute Gasteiger partial charge is 0.265 e. The van der Waals surface area contributed by atoms with Gasteiger partial charge < -0.3 is 15.4 Å². The van der Waals surface area contributed by atoms with Crippen LogP contribution in [0.25, 0.3) is 0 Å². The van der Waals surface area contributed by atoms with Crippen LogP contribution in [0.5, 0.6) is 5.75 Å². The topological polar surface area (TPSA) is 67.4 Å². The average Bonchev–Trinajstić information content (AvgIpc) is 2.86. The van der Waals surface area contributed by atoms with Crippen LogP contribution in [0.2, 0.25) is 4.34 Å². The molecular weight excluding hydrogens is 300 g/mol. The molecule has 0 saturated carbocycles. The molecule has 102 valence electrons. The number of carbonyl (C=O) groups is 2. The fourth-order valence-corrected chi connectivity index (χ4v) is 2.72. The molecule has 0 saturated heterocycles. The summed E-state index contributed by atoms with van der Waals surface area (Å²) < 4.78 is 5.85. The van der Waals surface area contributed by atoms with Crippen molar-refractivity contribution in [2.75, 3.05) is 17.2 Å². The molecular formula is C13H9ClN2O3S. The van der Waals surface area contributed by atoms with Crippen molar-refractivity contribution in [1.82, 2.24) is 0 Å². The first-order chi connectivity index (χ1) is 9.61. The summed E-state index contributed by atoms with van der Waals surface area (Å²) in [5.74, 6) is 0.107. The summed E-state index contributed by atoms with van der Waals surface area (Å²) in [6.45, 7) is -0.0229. The summed E-state index contributed by atoms with van der Waals surface area (Å²) in [6.07, 6.45) is 0. The van der Waals surface area contributed by atoms with E-state index in [0.29, 0.717) is 26.3 Å². The van der Waals surface area contributed by atoms with Crippen LogP contribution in [-0.2, 0) is 4.79 Å². The molecule has 0 unspecified atom stereocenters. The summed E-state index contributed by atoms with van der Waals surface area (Å²) in [6, 6.07) is 8.39. The van der Waals surface area contributed by atoms with E-state index in [1.807, 2.05) is 0 Å². The number of nitrogens with one attached hydrogen (secondary N) is 2. The minimum atomic E-state index is -0.235. The van der Waals surface area contributed by atoms with E-state index in [9.17, 15) is 9.59 Å². The molecule has 3 rings (SSSR count). The summed E-state index contributed by atoms with van der Waals surface area (Å²) in [5.41, 5.74) is 1.19. The van der Waals surface area contributed by atoms with Crippen LogP contribution in [0, 0.1) is 0 Å². The third kappa shape index (κ3) is 2.61. The Labute approximate surface area is 123 Å². The van der Waals surface area contributed by atoms with Crippen LogP contribution >= 0.6 is 22.9 Å². The van der Waals surface area contributed by atoms with E-state index >= 15 is 0 Å². The average molecular weight is 309 g/mol. The standard InChI is InChI=1S/C13H9ClN2O3S/c14-11-4-3-10(20-11)13(18)15-7-1-2-8-9(5-7)19-6-12(17)16-8/h1-5H,6H2,(H,15,18)(H,16,17). The van der Waals surface area contributed by atoms with Crippen LogP contribution in [0.4, 0.5) is 11.4 Å². The highest BCUT2D eigenvalue weighted by molar-refractivity contribution is 7.18. The lowest BCUT2D eigenvalue weighted by Crippen LogP contribution is -2.25. The number of carbonyl (C=O) groups excluding carboxylic acids is 2. The molecule has 1 aromatic heterocycles. The lowest BCUT2D eigenvalue weighted by molar-refractivity contribution is -0.118. The Hall–Kier alpha value is -2.05. The van der Waals surface area contributed by atoms with Crippen molar-refractivity contribution < 1.29 is 14.3 Å².